The summed E-state index contributed by atoms with van der Waals surface area (Å²) in [5, 5.41) is 13.6. The summed E-state index contributed by atoms with van der Waals surface area (Å²) in [6.45, 7) is 1.97. The number of non-ortho nitro benzene ring substituents is 1. The maximum absolute atomic E-state index is 12.7. The van der Waals surface area contributed by atoms with Crippen molar-refractivity contribution in [3.63, 3.8) is 0 Å². The molecule has 2 rings (SSSR count). The zero-order valence-electron chi connectivity index (χ0n) is 16.0. The Balaban J connectivity index is 2.08. The number of alkyl halides is 3. The van der Waals surface area contributed by atoms with Crippen LogP contribution in [0.1, 0.15) is 18.1 Å². The molecule has 2 N–H and O–H groups in total. The lowest BCUT2D eigenvalue weighted by Gasteiger charge is -2.21. The smallest absolute Gasteiger partial charge is 0.416 e. The number of benzene rings is 2. The lowest BCUT2D eigenvalue weighted by Crippen LogP contribution is -3.12. The van der Waals surface area contributed by atoms with E-state index in [2.05, 4.69) is 5.32 Å². The number of nitro groups is 1. The van der Waals surface area contributed by atoms with Gasteiger partial charge in [-0.1, -0.05) is 12.1 Å². The van der Waals surface area contributed by atoms with Gasteiger partial charge in [-0.15, -0.1) is 0 Å². The third kappa shape index (κ3) is 5.67. The third-order valence-electron chi connectivity index (χ3n) is 4.55. The predicted molar refractivity (Wildman–Crippen MR) is 99.8 cm³/mol. The molecule has 1 amide bonds. The maximum Gasteiger partial charge on any atom is 0.416 e. The number of carbonyl (C=O) groups excluding carboxylic acids is 1. The summed E-state index contributed by atoms with van der Waals surface area (Å²) in [6, 6.07) is 8.02. The van der Waals surface area contributed by atoms with Gasteiger partial charge in [-0.25, -0.2) is 0 Å². The number of nitrogens with one attached hydrogen (secondary N) is 2. The number of quaternary nitrogens is 1. The molecular formula is C19H21F3N3O4+. The van der Waals surface area contributed by atoms with Gasteiger partial charge in [0.2, 0.25) is 0 Å². The molecule has 1 unspecified atom stereocenters. The van der Waals surface area contributed by atoms with Crippen molar-refractivity contribution < 1.29 is 32.5 Å². The Morgan fingerprint density at radius 3 is 2.38 bits per heavy atom. The molecule has 0 bridgehead atoms. The van der Waals surface area contributed by atoms with Gasteiger partial charge in [-0.05, 0) is 25.1 Å². The van der Waals surface area contributed by atoms with Crippen molar-refractivity contribution in [2.24, 2.45) is 0 Å². The van der Waals surface area contributed by atoms with Crippen molar-refractivity contribution in [1.82, 2.24) is 0 Å². The fraction of sp³-hybridized carbons (Fsp3) is 0.316. The van der Waals surface area contributed by atoms with E-state index in [0.717, 1.165) is 17.0 Å². The van der Waals surface area contributed by atoms with Crippen LogP contribution >= 0.6 is 0 Å². The number of nitrogens with zero attached hydrogens (tertiary/aromatic N) is 1. The number of amides is 1. The molecule has 0 saturated heterocycles. The molecule has 2 aromatic carbocycles. The van der Waals surface area contributed by atoms with Crippen LogP contribution in [0.5, 0.6) is 5.75 Å². The van der Waals surface area contributed by atoms with E-state index >= 15 is 0 Å². The molecule has 29 heavy (non-hydrogen) atoms. The van der Waals surface area contributed by atoms with Crippen LogP contribution < -0.4 is 15.0 Å². The number of anilines is 1. The number of hydrogen-bond acceptors (Lipinski definition) is 4. The van der Waals surface area contributed by atoms with Crippen molar-refractivity contribution in [3.05, 3.63) is 63.7 Å². The number of likely N-dealkylation sites (N-methyl/N-ethyl adjacent to an activating group) is 1. The molecule has 156 valence electrons. The fourth-order valence-corrected chi connectivity index (χ4v) is 2.66. The van der Waals surface area contributed by atoms with Crippen LogP contribution in [0.4, 0.5) is 24.5 Å². The van der Waals surface area contributed by atoms with E-state index in [1.165, 1.54) is 37.4 Å². The SMILES string of the molecule is COc1ccc([N+](=O)[O-])cc1NC(=O)[C@H](C)[NH+](C)Cc1ccc(C(F)(F)F)cc1. The van der Waals surface area contributed by atoms with Gasteiger partial charge in [-0.2, -0.15) is 13.2 Å². The van der Waals surface area contributed by atoms with Crippen molar-refractivity contribution >= 4 is 17.3 Å². The second-order valence-corrected chi connectivity index (χ2v) is 6.57. The molecule has 0 radical (unpaired) electrons. The number of ether oxygens (including phenoxy) is 1. The average molecular weight is 412 g/mol. The van der Waals surface area contributed by atoms with Crippen LogP contribution in [0, 0.1) is 10.1 Å². The second kappa shape index (κ2) is 8.91. The minimum absolute atomic E-state index is 0.167. The van der Waals surface area contributed by atoms with Crippen molar-refractivity contribution in [2.45, 2.75) is 25.7 Å². The molecule has 0 saturated carbocycles. The molecule has 0 heterocycles. The number of hydrogen-bond donors (Lipinski definition) is 2. The number of carbonyl (C=O) groups is 1. The standard InChI is InChI=1S/C19H20F3N3O4/c1-12(24(2)11-13-4-6-14(7-5-13)19(20,21)22)18(26)23-16-10-15(25(27)28)8-9-17(16)29-3/h4-10,12H,11H2,1-3H3,(H,23,26)/p+1/t12-/m0/s1. The van der Waals surface area contributed by atoms with E-state index in [-0.39, 0.29) is 17.1 Å². The second-order valence-electron chi connectivity index (χ2n) is 6.57. The Morgan fingerprint density at radius 1 is 1.24 bits per heavy atom. The summed E-state index contributed by atoms with van der Waals surface area (Å²) in [5.74, 6) is -0.134. The van der Waals surface area contributed by atoms with Crippen LogP contribution in [0.25, 0.3) is 0 Å². The van der Waals surface area contributed by atoms with Gasteiger partial charge in [0, 0.05) is 17.7 Å². The molecule has 0 aliphatic rings. The first kappa shape index (κ1) is 22.2. The van der Waals surface area contributed by atoms with E-state index < -0.39 is 28.6 Å². The Hall–Kier alpha value is -3.14. The highest BCUT2D eigenvalue weighted by molar-refractivity contribution is 5.95. The van der Waals surface area contributed by atoms with E-state index in [1.54, 1.807) is 14.0 Å². The van der Waals surface area contributed by atoms with Gasteiger partial charge in [0.05, 0.1) is 30.3 Å². The molecule has 10 heteroatoms. The molecule has 0 aliphatic heterocycles. The highest BCUT2D eigenvalue weighted by atomic mass is 19.4. The summed E-state index contributed by atoms with van der Waals surface area (Å²) >= 11 is 0. The number of nitro benzene ring substituents is 1. The summed E-state index contributed by atoms with van der Waals surface area (Å²) in [4.78, 5) is 23.7. The van der Waals surface area contributed by atoms with E-state index in [0.29, 0.717) is 12.1 Å². The Labute approximate surface area is 165 Å². The first-order chi connectivity index (χ1) is 13.5. The molecule has 2 atom stereocenters. The highest BCUT2D eigenvalue weighted by Gasteiger charge is 2.30. The zero-order chi connectivity index (χ0) is 21.8. The maximum atomic E-state index is 12.7. The number of halogens is 3. The monoisotopic (exact) mass is 412 g/mol. The largest absolute Gasteiger partial charge is 0.495 e. The quantitative estimate of drug-likeness (QED) is 0.541. The minimum Gasteiger partial charge on any atom is -0.495 e. The molecule has 7 nitrogen and oxygen atoms in total. The summed E-state index contributed by atoms with van der Waals surface area (Å²) in [5.41, 5.74) is -0.120. The third-order valence-corrected chi connectivity index (χ3v) is 4.55. The van der Waals surface area contributed by atoms with Gasteiger partial charge in [0.25, 0.3) is 11.6 Å². The molecule has 2 aromatic rings. The molecule has 0 aromatic heterocycles. The van der Waals surface area contributed by atoms with Crippen molar-refractivity contribution in [2.75, 3.05) is 19.5 Å². The molecule has 0 spiro atoms. The van der Waals surface area contributed by atoms with E-state index in [9.17, 15) is 28.1 Å². The Kier molecular flexibility index (Phi) is 6.80. The highest BCUT2D eigenvalue weighted by Crippen LogP contribution is 2.29. The lowest BCUT2D eigenvalue weighted by atomic mass is 10.1. The number of methoxy groups -OCH3 is 1. The normalized spacial score (nSPS) is 13.4. The van der Waals surface area contributed by atoms with Gasteiger partial charge in [-0.3, -0.25) is 14.9 Å². The summed E-state index contributed by atoms with van der Waals surface area (Å²) < 4.78 is 43.1. The fourth-order valence-electron chi connectivity index (χ4n) is 2.66. The van der Waals surface area contributed by atoms with E-state index in [1.807, 2.05) is 0 Å². The van der Waals surface area contributed by atoms with Gasteiger partial charge in [0.15, 0.2) is 6.04 Å². The van der Waals surface area contributed by atoms with Crippen LogP contribution in [-0.4, -0.2) is 31.0 Å². The molecule has 0 fully saturated rings. The van der Waals surface area contributed by atoms with Gasteiger partial charge in [0.1, 0.15) is 12.3 Å². The van der Waals surface area contributed by atoms with Crippen LogP contribution in [-0.2, 0) is 17.5 Å². The van der Waals surface area contributed by atoms with Gasteiger partial charge < -0.3 is 15.0 Å². The minimum atomic E-state index is -4.40. The first-order valence-corrected chi connectivity index (χ1v) is 8.64. The molecular weight excluding hydrogens is 391 g/mol. The summed E-state index contributed by atoms with van der Waals surface area (Å²) in [6.07, 6.45) is -4.40. The Bertz CT molecular complexity index is 885. The van der Waals surface area contributed by atoms with E-state index in [4.69, 9.17) is 4.74 Å². The first-order valence-electron chi connectivity index (χ1n) is 8.64. The van der Waals surface area contributed by atoms with Crippen LogP contribution in [0.15, 0.2) is 42.5 Å². The van der Waals surface area contributed by atoms with Crippen LogP contribution in [0.2, 0.25) is 0 Å². The van der Waals surface area contributed by atoms with Crippen molar-refractivity contribution in [3.8, 4) is 5.75 Å². The van der Waals surface area contributed by atoms with Gasteiger partial charge >= 0.3 is 6.18 Å². The Morgan fingerprint density at radius 2 is 1.86 bits per heavy atom. The number of rotatable bonds is 7. The topological polar surface area (TPSA) is 85.9 Å². The zero-order valence-corrected chi connectivity index (χ0v) is 16.0. The lowest BCUT2D eigenvalue weighted by molar-refractivity contribution is -0.907. The summed E-state index contributed by atoms with van der Waals surface area (Å²) in [7, 11) is 3.11. The van der Waals surface area contributed by atoms with Crippen molar-refractivity contribution in [1.29, 1.82) is 0 Å². The molecule has 0 aliphatic carbocycles. The average Bonchev–Trinajstić information content (AvgIpc) is 2.66. The van der Waals surface area contributed by atoms with Crippen LogP contribution in [0.3, 0.4) is 0 Å². The predicted octanol–water partition coefficient (Wildman–Crippen LogP) is 2.66.